The Morgan fingerprint density at radius 1 is 1.21 bits per heavy atom. The van der Waals surface area contributed by atoms with Gasteiger partial charge in [0.15, 0.2) is 4.34 Å². The Bertz CT molecular complexity index is 819. The lowest BCUT2D eigenvalue weighted by atomic mass is 10.2. The molecule has 0 fully saturated rings. The number of benzene rings is 2. The van der Waals surface area contributed by atoms with Crippen LogP contribution >= 0.6 is 23.1 Å². The van der Waals surface area contributed by atoms with Crippen LogP contribution in [-0.2, 0) is 4.79 Å². The van der Waals surface area contributed by atoms with Crippen molar-refractivity contribution in [1.29, 1.82) is 0 Å². The molecule has 0 atom stereocenters. The third kappa shape index (κ3) is 4.37. The van der Waals surface area contributed by atoms with Crippen molar-refractivity contribution >= 4 is 34.7 Å². The molecule has 3 aromatic rings. The summed E-state index contributed by atoms with van der Waals surface area (Å²) in [6.07, 6.45) is 0. The lowest BCUT2D eigenvalue weighted by Gasteiger charge is -2.06. The molecule has 1 aromatic heterocycles. The summed E-state index contributed by atoms with van der Waals surface area (Å²) < 4.78 is 6.03. The number of nitrogens with one attached hydrogen (secondary N) is 1. The smallest absolute Gasteiger partial charge is 0.234 e. The fourth-order valence-corrected chi connectivity index (χ4v) is 3.73. The number of rotatable bonds is 6. The Labute approximate surface area is 148 Å². The van der Waals surface area contributed by atoms with Crippen LogP contribution in [0.3, 0.4) is 0 Å². The van der Waals surface area contributed by atoms with Crippen LogP contribution in [0.25, 0.3) is 11.3 Å². The third-order valence-corrected chi connectivity index (χ3v) is 5.25. The maximum atomic E-state index is 12.1. The number of carbonyl (C=O) groups excluding carboxylic acids is 1. The van der Waals surface area contributed by atoms with Gasteiger partial charge in [-0.2, -0.15) is 0 Å². The molecule has 0 bridgehead atoms. The maximum absolute atomic E-state index is 12.1. The highest BCUT2D eigenvalue weighted by Gasteiger charge is 2.08. The predicted octanol–water partition coefficient (Wildman–Crippen LogP) is 4.55. The van der Waals surface area contributed by atoms with Gasteiger partial charge in [0, 0.05) is 22.7 Å². The zero-order valence-electron chi connectivity index (χ0n) is 13.1. The standard InChI is InChI=1S/C18H16N2O2S2/c1-22-15-9-5-8-14(10-15)19-17(21)12-24-18-20-16(11-23-18)13-6-3-2-4-7-13/h2-11H,12H2,1H3,(H,19,21). The van der Waals surface area contributed by atoms with E-state index < -0.39 is 0 Å². The van der Waals surface area contributed by atoms with E-state index in [0.717, 1.165) is 21.3 Å². The zero-order valence-corrected chi connectivity index (χ0v) is 14.7. The fraction of sp³-hybridized carbons (Fsp3) is 0.111. The first-order valence-corrected chi connectivity index (χ1v) is 9.19. The van der Waals surface area contributed by atoms with Gasteiger partial charge in [-0.1, -0.05) is 48.2 Å². The minimum Gasteiger partial charge on any atom is -0.497 e. The van der Waals surface area contributed by atoms with E-state index >= 15 is 0 Å². The third-order valence-electron chi connectivity index (χ3n) is 3.23. The average Bonchev–Trinajstić information content (AvgIpc) is 3.10. The Morgan fingerprint density at radius 3 is 2.83 bits per heavy atom. The molecule has 3 rings (SSSR count). The second-order valence-corrected chi connectivity index (χ2v) is 7.01. The lowest BCUT2D eigenvalue weighted by Crippen LogP contribution is -2.13. The fourth-order valence-electron chi connectivity index (χ4n) is 2.09. The topological polar surface area (TPSA) is 51.2 Å². The summed E-state index contributed by atoms with van der Waals surface area (Å²) in [5, 5.41) is 4.87. The molecule has 1 amide bonds. The van der Waals surface area contributed by atoms with Crippen LogP contribution in [0.5, 0.6) is 5.75 Å². The number of nitrogens with zero attached hydrogens (tertiary/aromatic N) is 1. The summed E-state index contributed by atoms with van der Waals surface area (Å²) in [5.74, 6) is 0.969. The van der Waals surface area contributed by atoms with Gasteiger partial charge in [-0.25, -0.2) is 4.98 Å². The number of ether oxygens (including phenoxy) is 1. The van der Waals surface area contributed by atoms with Crippen LogP contribution in [0.15, 0.2) is 64.3 Å². The van der Waals surface area contributed by atoms with Crippen LogP contribution in [-0.4, -0.2) is 23.8 Å². The van der Waals surface area contributed by atoms with Gasteiger partial charge in [-0.05, 0) is 12.1 Å². The molecule has 1 heterocycles. The summed E-state index contributed by atoms with van der Waals surface area (Å²) >= 11 is 2.99. The molecule has 0 aliphatic carbocycles. The molecule has 0 aliphatic rings. The van der Waals surface area contributed by atoms with Gasteiger partial charge in [0.25, 0.3) is 0 Å². The van der Waals surface area contributed by atoms with Gasteiger partial charge in [-0.15, -0.1) is 11.3 Å². The molecule has 6 heteroatoms. The van der Waals surface area contributed by atoms with Crippen molar-refractivity contribution in [3.8, 4) is 17.0 Å². The summed E-state index contributed by atoms with van der Waals surface area (Å²) in [6, 6.07) is 17.3. The van der Waals surface area contributed by atoms with Crippen LogP contribution in [0.2, 0.25) is 0 Å². The van der Waals surface area contributed by atoms with E-state index in [1.54, 1.807) is 24.5 Å². The van der Waals surface area contributed by atoms with Crippen molar-refractivity contribution in [3.05, 3.63) is 60.0 Å². The molecule has 0 spiro atoms. The molecule has 2 aromatic carbocycles. The molecule has 24 heavy (non-hydrogen) atoms. The number of methoxy groups -OCH3 is 1. The first-order valence-electron chi connectivity index (χ1n) is 7.32. The number of aromatic nitrogens is 1. The second-order valence-electron chi connectivity index (χ2n) is 4.93. The van der Waals surface area contributed by atoms with E-state index in [1.807, 2.05) is 53.9 Å². The maximum Gasteiger partial charge on any atom is 0.234 e. The Balaban J connectivity index is 1.56. The van der Waals surface area contributed by atoms with Crippen molar-refractivity contribution in [3.63, 3.8) is 0 Å². The van der Waals surface area contributed by atoms with E-state index in [1.165, 1.54) is 11.8 Å². The first kappa shape index (κ1) is 16.5. The molecule has 0 unspecified atom stereocenters. The van der Waals surface area contributed by atoms with Crippen LogP contribution in [0, 0.1) is 0 Å². The zero-order chi connectivity index (χ0) is 16.8. The Morgan fingerprint density at radius 2 is 2.04 bits per heavy atom. The first-order chi connectivity index (χ1) is 11.7. The molecular formula is C18H16N2O2S2. The van der Waals surface area contributed by atoms with Crippen molar-refractivity contribution in [2.24, 2.45) is 0 Å². The number of hydrogen-bond donors (Lipinski definition) is 1. The van der Waals surface area contributed by atoms with Gasteiger partial charge in [0.05, 0.1) is 18.6 Å². The highest BCUT2D eigenvalue weighted by Crippen LogP contribution is 2.28. The van der Waals surface area contributed by atoms with Gasteiger partial charge in [-0.3, -0.25) is 4.79 Å². The predicted molar refractivity (Wildman–Crippen MR) is 99.9 cm³/mol. The normalized spacial score (nSPS) is 10.4. The van der Waals surface area contributed by atoms with Gasteiger partial charge in [0.2, 0.25) is 5.91 Å². The number of hydrogen-bond acceptors (Lipinski definition) is 5. The molecule has 1 N–H and O–H groups in total. The minimum absolute atomic E-state index is 0.0651. The Hall–Kier alpha value is -2.31. The van der Waals surface area contributed by atoms with Crippen LogP contribution < -0.4 is 10.1 Å². The lowest BCUT2D eigenvalue weighted by molar-refractivity contribution is -0.113. The molecule has 0 aliphatic heterocycles. The monoisotopic (exact) mass is 356 g/mol. The van der Waals surface area contributed by atoms with Crippen LogP contribution in [0.1, 0.15) is 0 Å². The van der Waals surface area contributed by atoms with Crippen LogP contribution in [0.4, 0.5) is 5.69 Å². The molecule has 0 radical (unpaired) electrons. The van der Waals surface area contributed by atoms with Gasteiger partial charge < -0.3 is 10.1 Å². The number of thioether (sulfide) groups is 1. The Kier molecular flexibility index (Phi) is 5.51. The van der Waals surface area contributed by atoms with E-state index in [0.29, 0.717) is 11.5 Å². The summed E-state index contributed by atoms with van der Waals surface area (Å²) in [6.45, 7) is 0. The summed E-state index contributed by atoms with van der Waals surface area (Å²) in [7, 11) is 1.60. The SMILES string of the molecule is COc1cccc(NC(=O)CSc2nc(-c3ccccc3)cs2)c1. The van der Waals surface area contributed by atoms with E-state index in [4.69, 9.17) is 4.74 Å². The number of amides is 1. The van der Waals surface area contributed by atoms with Crippen molar-refractivity contribution in [1.82, 2.24) is 4.98 Å². The van der Waals surface area contributed by atoms with Gasteiger partial charge in [0.1, 0.15) is 5.75 Å². The van der Waals surface area contributed by atoms with E-state index in [2.05, 4.69) is 10.3 Å². The van der Waals surface area contributed by atoms with Gasteiger partial charge >= 0.3 is 0 Å². The van der Waals surface area contributed by atoms with E-state index in [9.17, 15) is 4.79 Å². The van der Waals surface area contributed by atoms with E-state index in [-0.39, 0.29) is 5.91 Å². The molecular weight excluding hydrogens is 340 g/mol. The average molecular weight is 356 g/mol. The largest absolute Gasteiger partial charge is 0.497 e. The highest BCUT2D eigenvalue weighted by molar-refractivity contribution is 8.01. The molecule has 122 valence electrons. The quantitative estimate of drug-likeness (QED) is 0.658. The van der Waals surface area contributed by atoms with Crippen molar-refractivity contribution in [2.75, 3.05) is 18.2 Å². The summed E-state index contributed by atoms with van der Waals surface area (Å²) in [4.78, 5) is 16.6. The molecule has 4 nitrogen and oxygen atoms in total. The van der Waals surface area contributed by atoms with Crippen molar-refractivity contribution in [2.45, 2.75) is 4.34 Å². The summed E-state index contributed by atoms with van der Waals surface area (Å²) in [5.41, 5.74) is 2.75. The second kappa shape index (κ2) is 7.99. The molecule has 0 saturated carbocycles. The van der Waals surface area contributed by atoms with Crippen molar-refractivity contribution < 1.29 is 9.53 Å². The minimum atomic E-state index is -0.0651. The number of carbonyl (C=O) groups is 1. The molecule has 0 saturated heterocycles. The number of thiazole rings is 1. The number of anilines is 1. The highest BCUT2D eigenvalue weighted by atomic mass is 32.2.